The molecule has 3 aromatic rings. The first-order valence-electron chi connectivity index (χ1n) is 5.88. The Morgan fingerprint density at radius 3 is 2.43 bits per heavy atom. The summed E-state index contributed by atoms with van der Waals surface area (Å²) in [4.78, 5) is 1.26. The topological polar surface area (TPSA) is 122 Å². The highest BCUT2D eigenvalue weighted by atomic mass is 32.2. The van der Waals surface area contributed by atoms with Crippen molar-refractivity contribution in [2.75, 3.05) is 0 Å². The van der Waals surface area contributed by atoms with Gasteiger partial charge in [-0.3, -0.25) is 0 Å². The predicted octanol–water partition coefficient (Wildman–Crippen LogP) is -0.290. The first-order valence-corrected chi connectivity index (χ1v) is 7.42. The van der Waals surface area contributed by atoms with E-state index in [-0.39, 0.29) is 16.5 Å². The van der Waals surface area contributed by atoms with Gasteiger partial charge in [-0.2, -0.15) is 9.90 Å². The van der Waals surface area contributed by atoms with E-state index in [0.29, 0.717) is 5.69 Å². The highest BCUT2D eigenvalue weighted by Crippen LogP contribution is 2.20. The maximum absolute atomic E-state index is 11.7. The van der Waals surface area contributed by atoms with Crippen molar-refractivity contribution in [3.05, 3.63) is 36.4 Å². The summed E-state index contributed by atoms with van der Waals surface area (Å²) in [7, 11) is -2.34. The molecule has 0 saturated heterocycles. The minimum absolute atomic E-state index is 0.142. The fourth-order valence-corrected chi connectivity index (χ4v) is 2.48. The third-order valence-electron chi connectivity index (χ3n) is 2.71. The van der Waals surface area contributed by atoms with E-state index < -0.39 is 10.0 Å². The van der Waals surface area contributed by atoms with Gasteiger partial charge in [-0.1, -0.05) is 18.2 Å². The molecule has 0 aliphatic rings. The Morgan fingerprint density at radius 1 is 1.14 bits per heavy atom. The zero-order chi connectivity index (χ0) is 15.0. The number of rotatable bonds is 3. The summed E-state index contributed by atoms with van der Waals surface area (Å²) in [6.07, 6.45) is 0. The number of primary sulfonamides is 1. The molecule has 3 rings (SSSR count). The molecule has 0 aliphatic carbocycles. The van der Waals surface area contributed by atoms with Gasteiger partial charge >= 0.3 is 0 Å². The molecule has 9 nitrogen and oxygen atoms in total. The van der Waals surface area contributed by atoms with E-state index in [1.807, 2.05) is 6.07 Å². The van der Waals surface area contributed by atoms with Gasteiger partial charge in [-0.15, -0.1) is 10.2 Å². The third kappa shape index (κ3) is 2.53. The van der Waals surface area contributed by atoms with Crippen molar-refractivity contribution in [2.24, 2.45) is 12.2 Å². The fourth-order valence-electron chi connectivity index (χ4n) is 1.82. The summed E-state index contributed by atoms with van der Waals surface area (Å²) in [5, 5.41) is 20.8. The lowest BCUT2D eigenvalue weighted by molar-refractivity contribution is 0.587. The van der Waals surface area contributed by atoms with E-state index >= 15 is 0 Å². The number of para-hydroxylation sites is 1. The smallest absolute Gasteiger partial charge is 0.223 e. The summed E-state index contributed by atoms with van der Waals surface area (Å²) in [6, 6.07) is 10.1. The van der Waals surface area contributed by atoms with Crippen LogP contribution < -0.4 is 5.14 Å². The van der Waals surface area contributed by atoms with E-state index in [2.05, 4.69) is 20.5 Å². The van der Waals surface area contributed by atoms with E-state index in [0.717, 1.165) is 0 Å². The quantitative estimate of drug-likeness (QED) is 0.709. The van der Waals surface area contributed by atoms with Gasteiger partial charge in [0.05, 0.1) is 12.7 Å². The number of hydrogen-bond acceptors (Lipinski definition) is 6. The van der Waals surface area contributed by atoms with E-state index in [9.17, 15) is 8.42 Å². The van der Waals surface area contributed by atoms with Crippen LogP contribution in [0.3, 0.4) is 0 Å². The Hall–Kier alpha value is -2.59. The SMILES string of the molecule is Cn1nnc(-c2cc(S(N)(=O)=O)n(-c3ccccc3)n2)n1. The number of nitrogens with zero attached hydrogens (tertiary/aromatic N) is 6. The number of sulfonamides is 1. The lowest BCUT2D eigenvalue weighted by Crippen LogP contribution is -2.17. The minimum atomic E-state index is -3.94. The molecule has 0 atom stereocenters. The molecule has 0 bridgehead atoms. The fraction of sp³-hybridized carbons (Fsp3) is 0.0909. The monoisotopic (exact) mass is 305 g/mol. The number of tetrazole rings is 1. The van der Waals surface area contributed by atoms with Crippen molar-refractivity contribution in [3.63, 3.8) is 0 Å². The molecular weight excluding hydrogens is 294 g/mol. The van der Waals surface area contributed by atoms with Crippen LogP contribution in [0.5, 0.6) is 0 Å². The Labute approximate surface area is 120 Å². The van der Waals surface area contributed by atoms with Crippen molar-refractivity contribution >= 4 is 10.0 Å². The van der Waals surface area contributed by atoms with Crippen LogP contribution in [-0.2, 0) is 17.1 Å². The first-order chi connectivity index (χ1) is 9.95. The van der Waals surface area contributed by atoms with Crippen molar-refractivity contribution in [1.82, 2.24) is 30.0 Å². The first kappa shape index (κ1) is 13.4. The molecule has 2 N–H and O–H groups in total. The highest BCUT2D eigenvalue weighted by molar-refractivity contribution is 7.89. The second-order valence-electron chi connectivity index (χ2n) is 4.26. The molecule has 0 unspecified atom stereocenters. The third-order valence-corrected chi connectivity index (χ3v) is 3.58. The molecule has 10 heteroatoms. The zero-order valence-corrected chi connectivity index (χ0v) is 11.8. The molecule has 0 radical (unpaired) electrons. The van der Waals surface area contributed by atoms with Gasteiger partial charge in [-0.25, -0.2) is 18.2 Å². The van der Waals surface area contributed by atoms with Crippen LogP contribution in [0.2, 0.25) is 0 Å². The average Bonchev–Trinajstić information content (AvgIpc) is 3.05. The van der Waals surface area contributed by atoms with Gasteiger partial charge in [0.2, 0.25) is 5.82 Å². The number of aryl methyl sites for hydroxylation is 1. The van der Waals surface area contributed by atoms with Crippen LogP contribution in [0.1, 0.15) is 0 Å². The van der Waals surface area contributed by atoms with Crippen LogP contribution in [0, 0.1) is 0 Å². The van der Waals surface area contributed by atoms with E-state index in [4.69, 9.17) is 5.14 Å². The summed E-state index contributed by atoms with van der Waals surface area (Å²) in [5.74, 6) is 0.220. The predicted molar refractivity (Wildman–Crippen MR) is 72.7 cm³/mol. The number of benzene rings is 1. The normalized spacial score (nSPS) is 11.7. The largest absolute Gasteiger partial charge is 0.255 e. The summed E-state index contributed by atoms with van der Waals surface area (Å²) in [6.45, 7) is 0. The van der Waals surface area contributed by atoms with Crippen LogP contribution in [0.4, 0.5) is 0 Å². The van der Waals surface area contributed by atoms with E-state index in [1.165, 1.54) is 15.5 Å². The molecule has 2 heterocycles. The van der Waals surface area contributed by atoms with Crippen molar-refractivity contribution in [2.45, 2.75) is 5.03 Å². The van der Waals surface area contributed by atoms with Gasteiger partial charge < -0.3 is 0 Å². The number of nitrogens with two attached hydrogens (primary N) is 1. The molecule has 21 heavy (non-hydrogen) atoms. The van der Waals surface area contributed by atoms with Gasteiger partial charge in [0.25, 0.3) is 10.0 Å². The molecule has 0 fully saturated rings. The molecule has 0 amide bonds. The maximum Gasteiger partial charge on any atom is 0.255 e. The lowest BCUT2D eigenvalue weighted by atomic mass is 10.3. The molecular formula is C11H11N7O2S. The van der Waals surface area contributed by atoms with Gasteiger partial charge in [-0.05, 0) is 17.3 Å². The van der Waals surface area contributed by atoms with Gasteiger partial charge in [0.15, 0.2) is 5.03 Å². The van der Waals surface area contributed by atoms with Crippen molar-refractivity contribution in [1.29, 1.82) is 0 Å². The summed E-state index contributed by atoms with van der Waals surface area (Å²) >= 11 is 0. The maximum atomic E-state index is 11.7. The lowest BCUT2D eigenvalue weighted by Gasteiger charge is -2.04. The van der Waals surface area contributed by atoms with Crippen LogP contribution in [0.25, 0.3) is 17.2 Å². The second kappa shape index (κ2) is 4.75. The Balaban J connectivity index is 2.21. The molecule has 1 aromatic carbocycles. The van der Waals surface area contributed by atoms with Crippen LogP contribution >= 0.6 is 0 Å². The van der Waals surface area contributed by atoms with Crippen LogP contribution in [-0.4, -0.2) is 38.4 Å². The van der Waals surface area contributed by atoms with E-state index in [1.54, 1.807) is 31.3 Å². The van der Waals surface area contributed by atoms with Crippen LogP contribution in [0.15, 0.2) is 41.4 Å². The Bertz CT molecular complexity index is 882. The van der Waals surface area contributed by atoms with Gasteiger partial charge in [0.1, 0.15) is 5.69 Å². The molecule has 2 aromatic heterocycles. The number of hydrogen-bond donors (Lipinski definition) is 1. The van der Waals surface area contributed by atoms with Crippen molar-refractivity contribution in [3.8, 4) is 17.2 Å². The summed E-state index contributed by atoms with van der Waals surface area (Å²) < 4.78 is 24.7. The highest BCUT2D eigenvalue weighted by Gasteiger charge is 2.21. The zero-order valence-electron chi connectivity index (χ0n) is 10.9. The number of aromatic nitrogens is 6. The minimum Gasteiger partial charge on any atom is -0.223 e. The van der Waals surface area contributed by atoms with Crippen molar-refractivity contribution < 1.29 is 8.42 Å². The molecule has 0 aliphatic heterocycles. The second-order valence-corrected chi connectivity index (χ2v) is 5.77. The molecule has 0 saturated carbocycles. The van der Waals surface area contributed by atoms with Gasteiger partial charge in [0, 0.05) is 6.07 Å². The molecule has 0 spiro atoms. The summed E-state index contributed by atoms with van der Waals surface area (Å²) in [5.41, 5.74) is 0.840. The molecule has 108 valence electrons. The standard InChI is InChI=1S/C11H11N7O2S/c1-17-15-11(13-16-17)9-7-10(21(12,19)20)18(14-9)8-5-3-2-4-6-8/h2-7H,1H3,(H2,12,19,20). The Morgan fingerprint density at radius 2 is 1.86 bits per heavy atom. The average molecular weight is 305 g/mol. The Kier molecular flexibility index (Phi) is 3.03.